The van der Waals surface area contributed by atoms with Crippen molar-refractivity contribution in [3.8, 4) is 0 Å². The summed E-state index contributed by atoms with van der Waals surface area (Å²) in [5.74, 6) is 0.554. The molecule has 2 rings (SSSR count). The molecule has 4 N–H and O–H groups in total. The van der Waals surface area contributed by atoms with Crippen molar-refractivity contribution in [3.05, 3.63) is 52.6 Å². The Balaban J connectivity index is 2.14. The maximum Gasteiger partial charge on any atom is 0.252 e. The zero-order valence-corrected chi connectivity index (χ0v) is 9.47. The quantitative estimate of drug-likeness (QED) is 0.698. The van der Waals surface area contributed by atoms with E-state index in [0.29, 0.717) is 5.82 Å². The molecule has 0 aliphatic rings. The lowest BCUT2D eigenvalue weighted by Crippen LogP contribution is -2.12. The van der Waals surface area contributed by atoms with Crippen LogP contribution >= 0.6 is 0 Å². The summed E-state index contributed by atoms with van der Waals surface area (Å²) < 4.78 is 0. The second-order valence-electron chi connectivity index (χ2n) is 3.83. The van der Waals surface area contributed by atoms with Gasteiger partial charge in [0.15, 0.2) is 0 Å². The summed E-state index contributed by atoms with van der Waals surface area (Å²) in [7, 11) is 0. The lowest BCUT2D eigenvalue weighted by atomic mass is 10.1. The largest absolute Gasteiger partial charge is 0.399 e. The van der Waals surface area contributed by atoms with Gasteiger partial charge < -0.3 is 16.0 Å². The van der Waals surface area contributed by atoms with E-state index in [2.05, 4.69) is 15.3 Å². The van der Waals surface area contributed by atoms with E-state index in [1.54, 1.807) is 0 Å². The Morgan fingerprint density at radius 2 is 2.06 bits per heavy atom. The lowest BCUT2D eigenvalue weighted by Gasteiger charge is -2.14. The molecule has 5 heteroatoms. The van der Waals surface area contributed by atoms with Crippen molar-refractivity contribution in [3.63, 3.8) is 0 Å². The Kier molecular flexibility index (Phi) is 3.09. The Bertz CT molecular complexity index is 547. The van der Waals surface area contributed by atoms with Crippen LogP contribution < -0.4 is 16.6 Å². The molecule has 17 heavy (non-hydrogen) atoms. The summed E-state index contributed by atoms with van der Waals surface area (Å²) in [5, 5.41) is 3.15. The van der Waals surface area contributed by atoms with Gasteiger partial charge in [0.2, 0.25) is 0 Å². The maximum absolute atomic E-state index is 11.1. The highest BCUT2D eigenvalue weighted by Crippen LogP contribution is 2.17. The van der Waals surface area contributed by atoms with Crippen LogP contribution in [0.25, 0.3) is 0 Å². The molecule has 0 amide bonds. The van der Waals surface area contributed by atoms with Gasteiger partial charge in [-0.2, -0.15) is 0 Å². The molecular formula is C12H14N4O. The minimum absolute atomic E-state index is 0.0601. The number of nitrogens with zero attached hydrogens (tertiary/aromatic N) is 1. The molecule has 2 aromatic rings. The molecule has 1 aromatic carbocycles. The number of benzene rings is 1. The number of aromatic nitrogens is 2. The summed E-state index contributed by atoms with van der Waals surface area (Å²) >= 11 is 0. The second-order valence-corrected chi connectivity index (χ2v) is 3.83. The van der Waals surface area contributed by atoms with Crippen molar-refractivity contribution in [1.82, 2.24) is 9.97 Å². The standard InChI is InChI=1S/C12H14N4O/c1-8(9-2-4-10(13)5-3-9)16-11-6-12(17)15-7-14-11/h2-8H,13H2,1H3,(H2,14,15,16,17). The summed E-state index contributed by atoms with van der Waals surface area (Å²) in [6.07, 6.45) is 1.38. The number of nitrogen functional groups attached to an aromatic ring is 1. The van der Waals surface area contributed by atoms with Crippen LogP contribution in [0.4, 0.5) is 11.5 Å². The van der Waals surface area contributed by atoms with E-state index in [1.807, 2.05) is 31.2 Å². The summed E-state index contributed by atoms with van der Waals surface area (Å²) in [6.45, 7) is 1.99. The van der Waals surface area contributed by atoms with Gasteiger partial charge in [0.25, 0.3) is 5.56 Å². The Labute approximate surface area is 98.7 Å². The summed E-state index contributed by atoms with van der Waals surface area (Å²) in [5.41, 5.74) is 7.26. The van der Waals surface area contributed by atoms with Crippen LogP contribution in [0.2, 0.25) is 0 Å². The molecule has 1 atom stereocenters. The van der Waals surface area contributed by atoms with E-state index in [0.717, 1.165) is 11.3 Å². The minimum atomic E-state index is -0.174. The highest BCUT2D eigenvalue weighted by molar-refractivity contribution is 5.42. The fourth-order valence-corrected chi connectivity index (χ4v) is 1.54. The molecule has 1 heterocycles. The van der Waals surface area contributed by atoms with Gasteiger partial charge >= 0.3 is 0 Å². The number of nitrogens with one attached hydrogen (secondary N) is 2. The highest BCUT2D eigenvalue weighted by atomic mass is 16.1. The van der Waals surface area contributed by atoms with Gasteiger partial charge in [-0.25, -0.2) is 4.98 Å². The first-order chi connectivity index (χ1) is 8.15. The van der Waals surface area contributed by atoms with Gasteiger partial charge in [-0.3, -0.25) is 4.79 Å². The number of anilines is 2. The van der Waals surface area contributed by atoms with Gasteiger partial charge in [0, 0.05) is 17.8 Å². The van der Waals surface area contributed by atoms with Gasteiger partial charge in [0.05, 0.1) is 6.33 Å². The normalized spacial score (nSPS) is 12.1. The number of aromatic amines is 1. The summed E-state index contributed by atoms with van der Waals surface area (Å²) in [6, 6.07) is 9.07. The van der Waals surface area contributed by atoms with Crippen molar-refractivity contribution >= 4 is 11.5 Å². The summed E-state index contributed by atoms with van der Waals surface area (Å²) in [4.78, 5) is 17.6. The van der Waals surface area contributed by atoms with Crippen molar-refractivity contribution in [2.24, 2.45) is 0 Å². The van der Waals surface area contributed by atoms with E-state index in [-0.39, 0.29) is 11.6 Å². The molecule has 88 valence electrons. The molecule has 0 radical (unpaired) electrons. The fourth-order valence-electron chi connectivity index (χ4n) is 1.54. The number of rotatable bonds is 3. The third-order valence-electron chi connectivity index (χ3n) is 2.48. The van der Waals surface area contributed by atoms with Gasteiger partial charge in [-0.05, 0) is 24.6 Å². The maximum atomic E-state index is 11.1. The van der Waals surface area contributed by atoms with E-state index >= 15 is 0 Å². The van der Waals surface area contributed by atoms with Crippen LogP contribution in [0, 0.1) is 0 Å². The number of hydrogen-bond donors (Lipinski definition) is 3. The van der Waals surface area contributed by atoms with E-state index in [1.165, 1.54) is 12.4 Å². The average Bonchev–Trinajstić information content (AvgIpc) is 2.29. The first-order valence-electron chi connectivity index (χ1n) is 5.32. The number of nitrogens with two attached hydrogens (primary N) is 1. The predicted molar refractivity (Wildman–Crippen MR) is 67.7 cm³/mol. The third-order valence-corrected chi connectivity index (χ3v) is 2.48. The van der Waals surface area contributed by atoms with Crippen molar-refractivity contribution < 1.29 is 0 Å². The number of hydrogen-bond acceptors (Lipinski definition) is 4. The van der Waals surface area contributed by atoms with Crippen LogP contribution in [0.1, 0.15) is 18.5 Å². The molecule has 5 nitrogen and oxygen atoms in total. The third kappa shape index (κ3) is 2.84. The second kappa shape index (κ2) is 4.69. The molecule has 0 spiro atoms. The van der Waals surface area contributed by atoms with Crippen LogP contribution in [-0.4, -0.2) is 9.97 Å². The van der Waals surface area contributed by atoms with Crippen LogP contribution in [0.15, 0.2) is 41.5 Å². The molecule has 0 aliphatic carbocycles. The van der Waals surface area contributed by atoms with Crippen molar-refractivity contribution in [2.45, 2.75) is 13.0 Å². The number of H-pyrrole nitrogens is 1. The van der Waals surface area contributed by atoms with Gasteiger partial charge in [0.1, 0.15) is 5.82 Å². The molecule has 1 unspecified atom stereocenters. The first-order valence-corrected chi connectivity index (χ1v) is 5.32. The predicted octanol–water partition coefficient (Wildman–Crippen LogP) is 1.53. The fraction of sp³-hybridized carbons (Fsp3) is 0.167. The van der Waals surface area contributed by atoms with Crippen LogP contribution in [0.5, 0.6) is 0 Å². The molecular weight excluding hydrogens is 216 g/mol. The Hall–Kier alpha value is -2.30. The molecule has 1 aromatic heterocycles. The monoisotopic (exact) mass is 230 g/mol. The zero-order chi connectivity index (χ0) is 12.3. The van der Waals surface area contributed by atoms with E-state index in [4.69, 9.17) is 5.73 Å². The Morgan fingerprint density at radius 1 is 1.35 bits per heavy atom. The molecule has 0 saturated carbocycles. The lowest BCUT2D eigenvalue weighted by molar-refractivity contribution is 0.870. The smallest absolute Gasteiger partial charge is 0.252 e. The van der Waals surface area contributed by atoms with E-state index < -0.39 is 0 Å². The SMILES string of the molecule is CC(Nc1cc(=O)[nH]cn1)c1ccc(N)cc1. The van der Waals surface area contributed by atoms with Crippen molar-refractivity contribution in [2.75, 3.05) is 11.1 Å². The van der Waals surface area contributed by atoms with Crippen LogP contribution in [-0.2, 0) is 0 Å². The average molecular weight is 230 g/mol. The topological polar surface area (TPSA) is 83.8 Å². The Morgan fingerprint density at radius 3 is 2.71 bits per heavy atom. The first kappa shape index (κ1) is 11.2. The van der Waals surface area contributed by atoms with E-state index in [9.17, 15) is 4.79 Å². The van der Waals surface area contributed by atoms with Crippen molar-refractivity contribution in [1.29, 1.82) is 0 Å². The van der Waals surface area contributed by atoms with Crippen LogP contribution in [0.3, 0.4) is 0 Å². The van der Waals surface area contributed by atoms with Gasteiger partial charge in [-0.15, -0.1) is 0 Å². The molecule has 0 saturated heterocycles. The van der Waals surface area contributed by atoms with Gasteiger partial charge in [-0.1, -0.05) is 12.1 Å². The molecule has 0 fully saturated rings. The highest BCUT2D eigenvalue weighted by Gasteiger charge is 2.05. The molecule has 0 bridgehead atoms. The molecule has 0 aliphatic heterocycles. The minimum Gasteiger partial charge on any atom is -0.399 e. The zero-order valence-electron chi connectivity index (χ0n) is 9.47.